The zero-order valence-corrected chi connectivity index (χ0v) is 14.0. The van der Waals surface area contributed by atoms with Crippen molar-refractivity contribution < 1.29 is 15.3 Å². The van der Waals surface area contributed by atoms with Gasteiger partial charge in [0.1, 0.15) is 0 Å². The topological polar surface area (TPSA) is 60.7 Å². The molecule has 0 aromatic carbocycles. The minimum absolute atomic E-state index is 0.0715. The molecule has 0 aliphatic heterocycles. The summed E-state index contributed by atoms with van der Waals surface area (Å²) in [5.41, 5.74) is 0.119. The smallest absolute Gasteiger partial charge is 0.0597 e. The Bertz CT molecular complexity index is 452. The summed E-state index contributed by atoms with van der Waals surface area (Å²) in [4.78, 5) is 0. The Kier molecular flexibility index (Phi) is 3.46. The van der Waals surface area contributed by atoms with Gasteiger partial charge in [0.25, 0.3) is 0 Å². The molecule has 126 valence electrons. The first-order valence-electron chi connectivity index (χ1n) is 9.40. The molecule has 22 heavy (non-hydrogen) atoms. The molecule has 3 nitrogen and oxygen atoms in total. The third-order valence-electron chi connectivity index (χ3n) is 8.52. The van der Waals surface area contributed by atoms with Crippen LogP contribution in [0.25, 0.3) is 0 Å². The molecular formula is C19H32O3. The second kappa shape index (κ2) is 4.94. The van der Waals surface area contributed by atoms with Gasteiger partial charge in [-0.25, -0.2) is 0 Å². The molecule has 0 spiro atoms. The lowest BCUT2D eigenvalue weighted by Crippen LogP contribution is -2.59. The highest BCUT2D eigenvalue weighted by Crippen LogP contribution is 2.66. The summed E-state index contributed by atoms with van der Waals surface area (Å²) in [5.74, 6) is 2.10. The average Bonchev–Trinajstić information content (AvgIpc) is 2.75. The van der Waals surface area contributed by atoms with Gasteiger partial charge < -0.3 is 15.3 Å². The number of aliphatic hydroxyl groups excluding tert-OH is 3. The minimum Gasteiger partial charge on any atom is -0.393 e. The Balaban J connectivity index is 1.68. The molecule has 0 bridgehead atoms. The Morgan fingerprint density at radius 2 is 1.64 bits per heavy atom. The summed E-state index contributed by atoms with van der Waals surface area (Å²) in [5, 5.41) is 31.6. The van der Waals surface area contributed by atoms with Crippen LogP contribution in [0, 0.1) is 34.5 Å². The molecule has 4 aliphatic rings. The average molecular weight is 308 g/mol. The summed E-state index contributed by atoms with van der Waals surface area (Å²) in [6.45, 7) is 4.60. The molecule has 0 radical (unpaired) electrons. The van der Waals surface area contributed by atoms with Gasteiger partial charge in [-0.15, -0.1) is 0 Å². The van der Waals surface area contributed by atoms with E-state index in [2.05, 4.69) is 13.8 Å². The van der Waals surface area contributed by atoms with Gasteiger partial charge in [-0.3, -0.25) is 0 Å². The second-order valence-electron chi connectivity index (χ2n) is 9.37. The monoisotopic (exact) mass is 308 g/mol. The third kappa shape index (κ3) is 1.91. The summed E-state index contributed by atoms with van der Waals surface area (Å²) in [6.07, 6.45) is 7.44. The van der Waals surface area contributed by atoms with E-state index in [1.807, 2.05) is 0 Å². The molecule has 9 atom stereocenters. The SMILES string of the molecule is C[C@]12CCC(O)CC1CC[C@@H]1[C@@H]2C(O)C[C@]2(C)C(O)CC[C@@H]12. The van der Waals surface area contributed by atoms with E-state index >= 15 is 0 Å². The van der Waals surface area contributed by atoms with Crippen LogP contribution in [0.15, 0.2) is 0 Å². The molecule has 4 unspecified atom stereocenters. The molecule has 4 aliphatic carbocycles. The summed E-state index contributed by atoms with van der Waals surface area (Å²) < 4.78 is 0. The van der Waals surface area contributed by atoms with Gasteiger partial charge in [-0.2, -0.15) is 0 Å². The van der Waals surface area contributed by atoms with E-state index in [0.29, 0.717) is 23.7 Å². The van der Waals surface area contributed by atoms with Crippen molar-refractivity contribution in [3.05, 3.63) is 0 Å². The number of hydrogen-bond donors (Lipinski definition) is 3. The van der Waals surface area contributed by atoms with Crippen molar-refractivity contribution >= 4 is 0 Å². The first kappa shape index (κ1) is 15.4. The quantitative estimate of drug-likeness (QED) is 0.645. The van der Waals surface area contributed by atoms with E-state index in [4.69, 9.17) is 0 Å². The van der Waals surface area contributed by atoms with Gasteiger partial charge in [-0.1, -0.05) is 13.8 Å². The molecule has 4 rings (SSSR count). The fraction of sp³-hybridized carbons (Fsp3) is 1.00. The van der Waals surface area contributed by atoms with E-state index in [1.165, 1.54) is 12.8 Å². The first-order chi connectivity index (χ1) is 10.4. The highest BCUT2D eigenvalue weighted by molar-refractivity contribution is 5.12. The van der Waals surface area contributed by atoms with Crippen molar-refractivity contribution in [1.82, 2.24) is 0 Å². The first-order valence-corrected chi connectivity index (χ1v) is 9.40. The fourth-order valence-corrected chi connectivity index (χ4v) is 7.33. The fourth-order valence-electron chi connectivity index (χ4n) is 7.33. The van der Waals surface area contributed by atoms with Crippen LogP contribution in [-0.4, -0.2) is 33.6 Å². The van der Waals surface area contributed by atoms with Crippen molar-refractivity contribution in [2.45, 2.75) is 83.5 Å². The summed E-state index contributed by atoms with van der Waals surface area (Å²) in [6, 6.07) is 0. The van der Waals surface area contributed by atoms with Crippen molar-refractivity contribution in [3.8, 4) is 0 Å². The van der Waals surface area contributed by atoms with Crippen LogP contribution in [0.3, 0.4) is 0 Å². The lowest BCUT2D eigenvalue weighted by atomic mass is 9.44. The molecule has 0 heterocycles. The predicted octanol–water partition coefficient (Wildman–Crippen LogP) is 2.72. The van der Waals surface area contributed by atoms with Crippen LogP contribution < -0.4 is 0 Å². The van der Waals surface area contributed by atoms with E-state index in [1.54, 1.807) is 0 Å². The standard InChI is InChI=1S/C19H32O3/c1-18-8-7-12(20)9-11(18)3-4-13-14-5-6-16(22)19(14,2)10-15(21)17(13)18/h11-17,20-22H,3-10H2,1-2H3/t11?,12?,13-,14-,15?,16?,17+,18-,19-/m0/s1. The summed E-state index contributed by atoms with van der Waals surface area (Å²) in [7, 11) is 0. The highest BCUT2D eigenvalue weighted by atomic mass is 16.3. The Morgan fingerprint density at radius 1 is 0.864 bits per heavy atom. The van der Waals surface area contributed by atoms with Crippen molar-refractivity contribution in [2.75, 3.05) is 0 Å². The van der Waals surface area contributed by atoms with Gasteiger partial charge in [-0.05, 0) is 85.9 Å². The summed E-state index contributed by atoms with van der Waals surface area (Å²) >= 11 is 0. The predicted molar refractivity (Wildman–Crippen MR) is 85.1 cm³/mol. The molecule has 4 fully saturated rings. The Hall–Kier alpha value is -0.120. The molecule has 0 aromatic rings. The van der Waals surface area contributed by atoms with Crippen LogP contribution in [0.1, 0.15) is 65.2 Å². The van der Waals surface area contributed by atoms with Crippen molar-refractivity contribution in [2.24, 2.45) is 34.5 Å². The lowest BCUT2D eigenvalue weighted by molar-refractivity contribution is -0.183. The van der Waals surface area contributed by atoms with E-state index < -0.39 is 0 Å². The van der Waals surface area contributed by atoms with Gasteiger partial charge in [0.2, 0.25) is 0 Å². The number of hydrogen-bond acceptors (Lipinski definition) is 3. The van der Waals surface area contributed by atoms with Gasteiger partial charge >= 0.3 is 0 Å². The van der Waals surface area contributed by atoms with Crippen LogP contribution in [0.5, 0.6) is 0 Å². The van der Waals surface area contributed by atoms with Gasteiger partial charge in [0.15, 0.2) is 0 Å². The number of rotatable bonds is 0. The Morgan fingerprint density at radius 3 is 2.41 bits per heavy atom. The van der Waals surface area contributed by atoms with Crippen LogP contribution >= 0.6 is 0 Å². The van der Waals surface area contributed by atoms with Crippen molar-refractivity contribution in [3.63, 3.8) is 0 Å². The van der Waals surface area contributed by atoms with Crippen molar-refractivity contribution in [1.29, 1.82) is 0 Å². The molecule has 4 saturated carbocycles. The van der Waals surface area contributed by atoms with E-state index in [0.717, 1.165) is 38.5 Å². The zero-order valence-electron chi connectivity index (χ0n) is 14.0. The van der Waals surface area contributed by atoms with E-state index in [9.17, 15) is 15.3 Å². The normalized spacial score (nSPS) is 61.2. The maximum absolute atomic E-state index is 11.0. The zero-order chi connectivity index (χ0) is 15.7. The maximum atomic E-state index is 11.0. The number of aliphatic hydroxyl groups is 3. The Labute approximate surface area is 134 Å². The van der Waals surface area contributed by atoms with Gasteiger partial charge in [0.05, 0.1) is 18.3 Å². The second-order valence-corrected chi connectivity index (χ2v) is 9.37. The molecule has 0 amide bonds. The van der Waals surface area contributed by atoms with Crippen LogP contribution in [-0.2, 0) is 0 Å². The molecular weight excluding hydrogens is 276 g/mol. The van der Waals surface area contributed by atoms with Crippen LogP contribution in [0.4, 0.5) is 0 Å². The lowest BCUT2D eigenvalue weighted by Gasteiger charge is -2.62. The van der Waals surface area contributed by atoms with Crippen LogP contribution in [0.2, 0.25) is 0 Å². The maximum Gasteiger partial charge on any atom is 0.0597 e. The minimum atomic E-state index is -0.276. The molecule has 0 aromatic heterocycles. The highest BCUT2D eigenvalue weighted by Gasteiger charge is 2.62. The van der Waals surface area contributed by atoms with E-state index in [-0.39, 0.29) is 29.1 Å². The molecule has 3 heteroatoms. The number of fused-ring (bicyclic) bond motifs is 5. The molecule has 3 N–H and O–H groups in total. The van der Waals surface area contributed by atoms with Gasteiger partial charge in [0, 0.05) is 0 Å². The largest absolute Gasteiger partial charge is 0.393 e. The third-order valence-corrected chi connectivity index (χ3v) is 8.52. The molecule has 0 saturated heterocycles.